The average Bonchev–Trinajstić information content (AvgIpc) is 2.67. The van der Waals surface area contributed by atoms with Gasteiger partial charge in [0.1, 0.15) is 18.0 Å². The lowest BCUT2D eigenvalue weighted by atomic mass is 10.3. The first-order valence-electron chi connectivity index (χ1n) is 4.02. The minimum atomic E-state index is -0.277. The maximum atomic E-state index is 12.6. The molecule has 1 aromatic heterocycles. The number of benzene rings is 1. The van der Waals surface area contributed by atoms with E-state index in [1.807, 2.05) is 0 Å². The number of rotatable bonds is 2. The van der Waals surface area contributed by atoms with Gasteiger partial charge in [-0.2, -0.15) is 5.10 Å². The second-order valence-electron chi connectivity index (χ2n) is 2.70. The van der Waals surface area contributed by atoms with Crippen LogP contribution < -0.4 is 0 Å². The zero-order valence-corrected chi connectivity index (χ0v) is 7.95. The van der Waals surface area contributed by atoms with E-state index in [4.69, 9.17) is 11.6 Å². The summed E-state index contributed by atoms with van der Waals surface area (Å²) in [5.74, 6) is 0.636. The van der Waals surface area contributed by atoms with Gasteiger partial charge in [0.25, 0.3) is 0 Å². The van der Waals surface area contributed by atoms with E-state index in [1.54, 1.807) is 16.8 Å². The van der Waals surface area contributed by atoms with E-state index >= 15 is 0 Å². The van der Waals surface area contributed by atoms with Crippen molar-refractivity contribution < 1.29 is 4.39 Å². The third-order valence-electron chi connectivity index (χ3n) is 1.81. The van der Waals surface area contributed by atoms with E-state index in [1.165, 1.54) is 18.5 Å². The molecule has 0 bridgehead atoms. The van der Waals surface area contributed by atoms with Gasteiger partial charge in [-0.3, -0.25) is 0 Å². The number of hydrogen-bond donors (Lipinski definition) is 0. The molecular formula is C9H7ClFN3. The SMILES string of the molecule is Fc1ccc(-n2ncnc2CCl)cc1. The lowest BCUT2D eigenvalue weighted by Gasteiger charge is -2.02. The molecule has 0 unspecified atom stereocenters. The van der Waals surface area contributed by atoms with Crippen LogP contribution in [0.3, 0.4) is 0 Å². The minimum Gasteiger partial charge on any atom is -0.218 e. The topological polar surface area (TPSA) is 30.7 Å². The second kappa shape index (κ2) is 3.75. The van der Waals surface area contributed by atoms with Crippen molar-refractivity contribution in [3.8, 4) is 5.69 Å². The molecule has 1 heterocycles. The molecule has 0 amide bonds. The normalized spacial score (nSPS) is 10.4. The molecule has 0 aliphatic carbocycles. The summed E-state index contributed by atoms with van der Waals surface area (Å²) in [6, 6.07) is 5.99. The van der Waals surface area contributed by atoms with Crippen molar-refractivity contribution in [2.24, 2.45) is 0 Å². The van der Waals surface area contributed by atoms with Crippen molar-refractivity contribution in [3.05, 3.63) is 42.2 Å². The van der Waals surface area contributed by atoms with Gasteiger partial charge < -0.3 is 0 Å². The van der Waals surface area contributed by atoms with Crippen LogP contribution in [0.4, 0.5) is 4.39 Å². The number of alkyl halides is 1. The number of halogens is 2. The van der Waals surface area contributed by atoms with Crippen molar-refractivity contribution in [1.82, 2.24) is 14.8 Å². The van der Waals surface area contributed by atoms with Crippen LogP contribution in [0.25, 0.3) is 5.69 Å². The van der Waals surface area contributed by atoms with Crippen LogP contribution in [-0.2, 0) is 5.88 Å². The Morgan fingerprint density at radius 1 is 1.29 bits per heavy atom. The molecule has 0 saturated heterocycles. The monoisotopic (exact) mass is 211 g/mol. The summed E-state index contributed by atoms with van der Waals surface area (Å²) < 4.78 is 14.2. The molecule has 0 fully saturated rings. The van der Waals surface area contributed by atoms with Gasteiger partial charge in [-0.1, -0.05) is 0 Å². The van der Waals surface area contributed by atoms with E-state index in [9.17, 15) is 4.39 Å². The largest absolute Gasteiger partial charge is 0.218 e. The zero-order chi connectivity index (χ0) is 9.97. The smallest absolute Gasteiger partial charge is 0.147 e. The van der Waals surface area contributed by atoms with Crippen LogP contribution in [-0.4, -0.2) is 14.8 Å². The van der Waals surface area contributed by atoms with E-state index in [0.717, 1.165) is 5.69 Å². The Balaban J connectivity index is 2.44. The Bertz CT molecular complexity index is 424. The average molecular weight is 212 g/mol. The lowest BCUT2D eigenvalue weighted by Crippen LogP contribution is -2.00. The molecule has 0 saturated carbocycles. The van der Waals surface area contributed by atoms with Crippen molar-refractivity contribution in [2.75, 3.05) is 0 Å². The highest BCUT2D eigenvalue weighted by Gasteiger charge is 2.04. The molecule has 2 rings (SSSR count). The summed E-state index contributed by atoms with van der Waals surface area (Å²) in [6.07, 6.45) is 1.42. The predicted octanol–water partition coefficient (Wildman–Crippen LogP) is 2.15. The van der Waals surface area contributed by atoms with Crippen LogP contribution in [0.1, 0.15) is 5.82 Å². The fourth-order valence-corrected chi connectivity index (χ4v) is 1.34. The van der Waals surface area contributed by atoms with Gasteiger partial charge in [-0.05, 0) is 24.3 Å². The van der Waals surface area contributed by atoms with Gasteiger partial charge >= 0.3 is 0 Å². The summed E-state index contributed by atoms with van der Waals surface area (Å²) in [7, 11) is 0. The number of nitrogens with zero attached hydrogens (tertiary/aromatic N) is 3. The highest BCUT2D eigenvalue weighted by molar-refractivity contribution is 6.16. The standard InChI is InChI=1S/C9H7ClFN3/c10-5-9-12-6-13-14(9)8-3-1-7(11)2-4-8/h1-4,6H,5H2. The van der Waals surface area contributed by atoms with Crippen LogP contribution in [0.2, 0.25) is 0 Å². The van der Waals surface area contributed by atoms with Gasteiger partial charge in [0.15, 0.2) is 0 Å². The maximum Gasteiger partial charge on any atom is 0.147 e. The van der Waals surface area contributed by atoms with Crippen molar-refractivity contribution in [3.63, 3.8) is 0 Å². The summed E-state index contributed by atoms with van der Waals surface area (Å²) in [6.45, 7) is 0. The Labute approximate surface area is 85.1 Å². The zero-order valence-electron chi connectivity index (χ0n) is 7.19. The molecule has 0 N–H and O–H groups in total. The summed E-state index contributed by atoms with van der Waals surface area (Å²) in [5, 5.41) is 3.99. The Hall–Kier alpha value is -1.42. The predicted molar refractivity (Wildman–Crippen MR) is 50.9 cm³/mol. The maximum absolute atomic E-state index is 12.6. The highest BCUT2D eigenvalue weighted by atomic mass is 35.5. The summed E-state index contributed by atoms with van der Waals surface area (Å²) >= 11 is 5.66. The first-order valence-corrected chi connectivity index (χ1v) is 4.55. The highest BCUT2D eigenvalue weighted by Crippen LogP contribution is 2.10. The Morgan fingerprint density at radius 2 is 2.00 bits per heavy atom. The van der Waals surface area contributed by atoms with Gasteiger partial charge in [0.05, 0.1) is 11.6 Å². The first kappa shape index (κ1) is 9.15. The van der Waals surface area contributed by atoms with Crippen LogP contribution >= 0.6 is 11.6 Å². The van der Waals surface area contributed by atoms with E-state index in [0.29, 0.717) is 5.82 Å². The third kappa shape index (κ3) is 1.61. The van der Waals surface area contributed by atoms with Gasteiger partial charge in [0.2, 0.25) is 0 Å². The Morgan fingerprint density at radius 3 is 2.64 bits per heavy atom. The van der Waals surface area contributed by atoms with Gasteiger partial charge in [0, 0.05) is 0 Å². The molecular weight excluding hydrogens is 205 g/mol. The molecule has 1 aromatic carbocycles. The van der Waals surface area contributed by atoms with Crippen molar-refractivity contribution >= 4 is 11.6 Å². The molecule has 5 heteroatoms. The van der Waals surface area contributed by atoms with Crippen LogP contribution in [0, 0.1) is 5.82 Å². The van der Waals surface area contributed by atoms with E-state index < -0.39 is 0 Å². The van der Waals surface area contributed by atoms with Crippen molar-refractivity contribution in [1.29, 1.82) is 0 Å². The molecule has 3 nitrogen and oxygen atoms in total. The van der Waals surface area contributed by atoms with Crippen LogP contribution in [0.15, 0.2) is 30.6 Å². The summed E-state index contributed by atoms with van der Waals surface area (Å²) in [5.41, 5.74) is 0.750. The van der Waals surface area contributed by atoms with Gasteiger partial charge in [-0.15, -0.1) is 11.6 Å². The van der Waals surface area contributed by atoms with E-state index in [-0.39, 0.29) is 11.7 Å². The van der Waals surface area contributed by atoms with E-state index in [2.05, 4.69) is 10.1 Å². The lowest BCUT2D eigenvalue weighted by molar-refractivity contribution is 0.627. The quantitative estimate of drug-likeness (QED) is 0.713. The molecule has 0 aliphatic rings. The minimum absolute atomic E-state index is 0.275. The third-order valence-corrected chi connectivity index (χ3v) is 2.05. The first-order chi connectivity index (χ1) is 6.81. The molecule has 0 atom stereocenters. The van der Waals surface area contributed by atoms with Crippen molar-refractivity contribution in [2.45, 2.75) is 5.88 Å². The molecule has 0 aliphatic heterocycles. The molecule has 14 heavy (non-hydrogen) atoms. The fourth-order valence-electron chi connectivity index (χ4n) is 1.15. The van der Waals surface area contributed by atoms with Gasteiger partial charge in [-0.25, -0.2) is 14.1 Å². The summed E-state index contributed by atoms with van der Waals surface area (Å²) in [4.78, 5) is 3.96. The molecule has 72 valence electrons. The molecule has 0 radical (unpaired) electrons. The second-order valence-corrected chi connectivity index (χ2v) is 2.97. The fraction of sp³-hybridized carbons (Fsp3) is 0.111. The Kier molecular flexibility index (Phi) is 2.45. The molecule has 2 aromatic rings. The molecule has 0 spiro atoms. The van der Waals surface area contributed by atoms with Crippen LogP contribution in [0.5, 0.6) is 0 Å². The number of hydrogen-bond acceptors (Lipinski definition) is 2. The number of aromatic nitrogens is 3.